The van der Waals surface area contributed by atoms with Gasteiger partial charge in [0.1, 0.15) is 36.1 Å². The van der Waals surface area contributed by atoms with E-state index < -0.39 is 33.2 Å². The number of aromatic nitrogens is 4. The smallest absolute Gasteiger partial charge is 0.410 e. The average molecular weight is 1030 g/mol. The number of carbonyl (C=O) groups excluding carboxylic acids is 4. The van der Waals surface area contributed by atoms with Crippen molar-refractivity contribution in [1.29, 1.82) is 0 Å². The van der Waals surface area contributed by atoms with Crippen LogP contribution in [0.5, 0.6) is 0 Å². The first-order chi connectivity index (χ1) is 34.1. The first-order valence-electron chi connectivity index (χ1n) is 24.0. The molecule has 72 heavy (non-hydrogen) atoms. The number of hydrogen-bond donors (Lipinski definition) is 0. The molecule has 2 aromatic carbocycles. The van der Waals surface area contributed by atoms with Gasteiger partial charge in [-0.1, -0.05) is 72.4 Å². The Morgan fingerprint density at radius 1 is 0.542 bits per heavy atom. The van der Waals surface area contributed by atoms with Gasteiger partial charge in [-0.05, 0) is 71.8 Å². The van der Waals surface area contributed by atoms with Gasteiger partial charge in [0.15, 0.2) is 5.16 Å². The SMILES string of the molecule is CC(C)(C)OC(=O)N1CCc2c(nc(S(C)(=O)=O)nc2N2CCN(C(=O)OCc3ccccc3)CC2)C1.CSc1nc2c(c(N3CCN(C(=O)OCc4ccccc4)CC3)n1)CCN(C(=O)OC(C)(C)C)C2. The zero-order chi connectivity index (χ0) is 51.8. The van der Waals surface area contributed by atoms with Gasteiger partial charge in [0.25, 0.3) is 0 Å². The summed E-state index contributed by atoms with van der Waals surface area (Å²) in [6, 6.07) is 19.2. The van der Waals surface area contributed by atoms with Gasteiger partial charge in [-0.25, -0.2) is 47.5 Å². The highest BCUT2D eigenvalue weighted by Crippen LogP contribution is 2.32. The number of carbonyl (C=O) groups is 4. The standard InChI is InChI=1S/C25H33N5O6S.C25H33N5O4S/c1-25(2,3)36-24(32)30-11-10-19-20(16-30)26-22(37(4,33)34)27-21(19)28-12-14-29(15-13-28)23(31)35-17-18-8-6-5-7-9-18;1-25(2,3)34-24(32)30-11-10-19-20(16-30)26-22(35-4)27-21(19)28-12-14-29(15-13-28)23(31)33-17-18-8-6-5-7-9-18/h5-9H,10-17H2,1-4H3;5-9H,10-17H2,1-4H3. The summed E-state index contributed by atoms with van der Waals surface area (Å²) in [5, 5.41) is 0.395. The molecule has 4 amide bonds. The molecule has 2 fully saturated rings. The largest absolute Gasteiger partial charge is 0.445 e. The molecule has 4 aliphatic heterocycles. The number of piperazine rings is 2. The highest BCUT2D eigenvalue weighted by Gasteiger charge is 2.34. The van der Waals surface area contributed by atoms with Gasteiger partial charge in [-0.15, -0.1) is 0 Å². The summed E-state index contributed by atoms with van der Waals surface area (Å²) in [6.07, 6.45) is 2.66. The molecule has 0 aliphatic carbocycles. The van der Waals surface area contributed by atoms with E-state index in [1.165, 1.54) is 16.7 Å². The lowest BCUT2D eigenvalue weighted by Gasteiger charge is -2.37. The Kier molecular flexibility index (Phi) is 17.0. The van der Waals surface area contributed by atoms with Crippen LogP contribution in [-0.4, -0.2) is 161 Å². The van der Waals surface area contributed by atoms with E-state index in [-0.39, 0.29) is 37.1 Å². The summed E-state index contributed by atoms with van der Waals surface area (Å²) in [5.41, 5.74) is 3.94. The van der Waals surface area contributed by atoms with Gasteiger partial charge in [0.05, 0.1) is 24.5 Å². The summed E-state index contributed by atoms with van der Waals surface area (Å²) in [5.74, 6) is 1.44. The fourth-order valence-electron chi connectivity index (χ4n) is 8.34. The van der Waals surface area contributed by atoms with Crippen molar-refractivity contribution in [2.75, 3.05) is 87.8 Å². The van der Waals surface area contributed by atoms with Crippen LogP contribution in [0.25, 0.3) is 0 Å². The Morgan fingerprint density at radius 2 is 0.944 bits per heavy atom. The molecular weight excluding hydrogens is 965 g/mol. The maximum atomic E-state index is 12.6. The van der Waals surface area contributed by atoms with Gasteiger partial charge in [-0.2, -0.15) is 0 Å². The number of fused-ring (bicyclic) bond motifs is 2. The van der Waals surface area contributed by atoms with E-state index in [4.69, 9.17) is 28.9 Å². The zero-order valence-corrected chi connectivity index (χ0v) is 44.1. The normalized spacial score (nSPS) is 16.2. The Labute approximate surface area is 426 Å². The van der Waals surface area contributed by atoms with Gasteiger partial charge >= 0.3 is 24.4 Å². The maximum Gasteiger partial charge on any atom is 0.410 e. The molecule has 4 aliphatic rings. The molecule has 388 valence electrons. The fraction of sp³-hybridized carbons (Fsp3) is 0.520. The third-order valence-corrected chi connectivity index (χ3v) is 13.3. The van der Waals surface area contributed by atoms with Crippen molar-refractivity contribution in [2.45, 2.75) is 102 Å². The monoisotopic (exact) mass is 1030 g/mol. The Hall–Kier alpha value is -6.42. The molecule has 4 aromatic rings. The van der Waals surface area contributed by atoms with Crippen LogP contribution >= 0.6 is 11.8 Å². The molecule has 0 N–H and O–H groups in total. The van der Waals surface area contributed by atoms with Crippen molar-refractivity contribution in [3.8, 4) is 0 Å². The van der Waals surface area contributed by atoms with Crippen LogP contribution in [0.1, 0.15) is 75.2 Å². The van der Waals surface area contributed by atoms with Crippen LogP contribution < -0.4 is 9.80 Å². The lowest BCUT2D eigenvalue weighted by Crippen LogP contribution is -2.50. The highest BCUT2D eigenvalue weighted by atomic mass is 32.2. The minimum absolute atomic E-state index is 0.133. The van der Waals surface area contributed by atoms with E-state index in [2.05, 4.69) is 14.9 Å². The summed E-state index contributed by atoms with van der Waals surface area (Å²) < 4.78 is 46.7. The maximum absolute atomic E-state index is 12.6. The van der Waals surface area contributed by atoms with Crippen molar-refractivity contribution in [1.82, 2.24) is 39.5 Å². The summed E-state index contributed by atoms with van der Waals surface area (Å²) >= 11 is 1.48. The molecular formula is C50H66N10O10S2. The van der Waals surface area contributed by atoms with Crippen LogP contribution in [0, 0.1) is 0 Å². The lowest BCUT2D eigenvalue weighted by molar-refractivity contribution is 0.0210. The lowest BCUT2D eigenvalue weighted by atomic mass is 10.0. The van der Waals surface area contributed by atoms with E-state index in [0.717, 1.165) is 40.0 Å². The minimum Gasteiger partial charge on any atom is -0.445 e. The molecule has 8 rings (SSSR count). The number of rotatable bonds is 8. The van der Waals surface area contributed by atoms with Gasteiger partial charge in [-0.3, -0.25) is 0 Å². The third-order valence-electron chi connectivity index (χ3n) is 11.9. The van der Waals surface area contributed by atoms with Crippen LogP contribution in [0.4, 0.5) is 30.8 Å². The predicted octanol–water partition coefficient (Wildman–Crippen LogP) is 6.58. The predicted molar refractivity (Wildman–Crippen MR) is 270 cm³/mol. The quantitative estimate of drug-likeness (QED) is 0.104. The number of benzene rings is 2. The molecule has 0 saturated carbocycles. The topological polar surface area (TPSA) is 210 Å². The molecule has 0 radical (unpaired) electrons. The zero-order valence-electron chi connectivity index (χ0n) is 42.5. The number of thioether (sulfide) groups is 1. The van der Waals surface area contributed by atoms with Gasteiger partial charge < -0.3 is 48.3 Å². The van der Waals surface area contributed by atoms with Crippen LogP contribution in [0.2, 0.25) is 0 Å². The molecule has 2 aromatic heterocycles. The number of ether oxygens (including phenoxy) is 4. The van der Waals surface area contributed by atoms with Gasteiger partial charge in [0, 0.05) is 82.8 Å². The highest BCUT2D eigenvalue weighted by molar-refractivity contribution is 7.98. The number of anilines is 2. The molecule has 0 unspecified atom stereocenters. The number of hydrogen-bond acceptors (Lipinski definition) is 17. The Morgan fingerprint density at radius 3 is 1.33 bits per heavy atom. The number of sulfone groups is 1. The number of nitrogens with zero attached hydrogens (tertiary/aromatic N) is 10. The second-order valence-corrected chi connectivity index (χ2v) is 22.5. The molecule has 22 heteroatoms. The average Bonchev–Trinajstić information content (AvgIpc) is 3.35. The molecule has 6 heterocycles. The first-order valence-corrected chi connectivity index (χ1v) is 27.2. The summed E-state index contributed by atoms with van der Waals surface area (Å²) in [6.45, 7) is 17.1. The van der Waals surface area contributed by atoms with Crippen molar-refractivity contribution in [2.24, 2.45) is 0 Å². The fourth-order valence-corrected chi connectivity index (χ4v) is 9.25. The second-order valence-electron chi connectivity index (χ2n) is 19.8. The van der Waals surface area contributed by atoms with E-state index in [1.54, 1.807) is 35.5 Å². The van der Waals surface area contributed by atoms with E-state index in [0.29, 0.717) is 102 Å². The minimum atomic E-state index is -3.69. The number of amides is 4. The van der Waals surface area contributed by atoms with Crippen molar-refractivity contribution >= 4 is 57.6 Å². The van der Waals surface area contributed by atoms with E-state index in [9.17, 15) is 27.6 Å². The van der Waals surface area contributed by atoms with Crippen LogP contribution in [-0.2, 0) is 67.9 Å². The van der Waals surface area contributed by atoms with Crippen molar-refractivity contribution in [3.05, 3.63) is 94.3 Å². The molecule has 0 bridgehead atoms. The molecule has 20 nitrogen and oxygen atoms in total. The second kappa shape index (κ2) is 23.0. The van der Waals surface area contributed by atoms with E-state index in [1.807, 2.05) is 92.6 Å². The molecule has 0 atom stereocenters. The molecule has 0 spiro atoms. The Bertz CT molecular complexity index is 2670. The third kappa shape index (κ3) is 14.4. The van der Waals surface area contributed by atoms with Crippen LogP contribution in [0.3, 0.4) is 0 Å². The summed E-state index contributed by atoms with van der Waals surface area (Å²) in [4.78, 5) is 79.4. The molecule has 2 saturated heterocycles. The first kappa shape index (κ1) is 53.4. The van der Waals surface area contributed by atoms with Crippen LogP contribution in [0.15, 0.2) is 71.0 Å². The van der Waals surface area contributed by atoms with Crippen molar-refractivity contribution < 1.29 is 46.5 Å². The van der Waals surface area contributed by atoms with Crippen molar-refractivity contribution in [3.63, 3.8) is 0 Å². The van der Waals surface area contributed by atoms with Gasteiger partial charge in [0.2, 0.25) is 15.0 Å². The Balaban J connectivity index is 0.000000212. The van der Waals surface area contributed by atoms with E-state index >= 15 is 0 Å². The summed E-state index contributed by atoms with van der Waals surface area (Å²) in [7, 11) is -3.69.